The van der Waals surface area contributed by atoms with Crippen molar-refractivity contribution in [2.75, 3.05) is 24.6 Å². The van der Waals surface area contributed by atoms with Crippen LogP contribution in [0.25, 0.3) is 26.8 Å². The first kappa shape index (κ1) is 31.4. The highest BCUT2D eigenvalue weighted by molar-refractivity contribution is 7.16. The number of nitriles is 1. The Morgan fingerprint density at radius 1 is 0.975 bits per heavy atom. The molecule has 0 bridgehead atoms. The van der Waals surface area contributed by atoms with Gasteiger partial charge >= 0.3 is 0 Å². The van der Waals surface area contributed by atoms with Crippen LogP contribution in [0.4, 0.5) is 5.69 Å². The van der Waals surface area contributed by atoms with E-state index in [4.69, 9.17) is 4.74 Å². The van der Waals surface area contributed by atoms with E-state index in [-0.39, 0.29) is 17.1 Å². The molecule has 0 spiro atoms. The van der Waals surface area contributed by atoms with Crippen molar-refractivity contribution >= 4 is 39.3 Å². The van der Waals surface area contributed by atoms with Crippen LogP contribution in [0.3, 0.4) is 0 Å². The zero-order valence-corrected chi connectivity index (χ0v) is 26.3. The molecule has 1 amide bonds. The highest BCUT2D eigenvalue weighted by Crippen LogP contribution is 2.35. The van der Waals surface area contributed by atoms with Gasteiger partial charge in [-0.1, -0.05) is 32.0 Å². The molecule has 0 aliphatic carbocycles. The summed E-state index contributed by atoms with van der Waals surface area (Å²) in [4.78, 5) is 17.6. The van der Waals surface area contributed by atoms with Gasteiger partial charge in [-0.05, 0) is 113 Å². The molecule has 0 saturated carbocycles. The lowest BCUT2D eigenvalue weighted by Gasteiger charge is -2.28. The van der Waals surface area contributed by atoms with Gasteiger partial charge in [-0.15, -0.1) is 11.3 Å². The molecule has 0 radical (unpaired) electrons. The van der Waals surface area contributed by atoms with E-state index in [1.807, 2.05) is 47.6 Å². The number of thiophene rings is 1. The smallest absolute Gasteiger partial charge is 0.262 e. The summed E-state index contributed by atoms with van der Waals surface area (Å²) in [6.45, 7) is 18.9. The fourth-order valence-corrected chi connectivity index (χ4v) is 5.67. The third kappa shape index (κ3) is 8.43. The molecule has 1 heterocycles. The molecule has 0 saturated heterocycles. The second kappa shape index (κ2) is 13.5. The van der Waals surface area contributed by atoms with E-state index in [1.165, 1.54) is 16.5 Å². The quantitative estimate of drug-likeness (QED) is 0.178. The zero-order valence-electron chi connectivity index (χ0n) is 25.5. The van der Waals surface area contributed by atoms with Crippen molar-refractivity contribution < 1.29 is 9.53 Å². The number of fused-ring (bicyclic) bond motifs is 1. The molecule has 214 valence electrons. The van der Waals surface area contributed by atoms with Gasteiger partial charge in [0.15, 0.2) is 0 Å². The SMILES string of the molecule is CCCN(CCC)c1ccc2cc(-c3ccc(C(C)=C(C#N)C(=O)NC(C)(C)CCOC(C)(C)C)s3)ccc2c1. The van der Waals surface area contributed by atoms with Gasteiger partial charge in [-0.2, -0.15) is 5.26 Å². The summed E-state index contributed by atoms with van der Waals surface area (Å²) in [5, 5.41) is 15.3. The van der Waals surface area contributed by atoms with Crippen LogP contribution in [0.5, 0.6) is 0 Å². The molecule has 3 aromatic rings. The molecule has 6 heteroatoms. The van der Waals surface area contributed by atoms with Crippen LogP contribution in [0, 0.1) is 11.3 Å². The molecule has 0 aliphatic heterocycles. The number of hydrogen-bond acceptors (Lipinski definition) is 5. The van der Waals surface area contributed by atoms with Crippen molar-refractivity contribution in [3.8, 4) is 16.5 Å². The summed E-state index contributed by atoms with van der Waals surface area (Å²) >= 11 is 1.60. The van der Waals surface area contributed by atoms with Crippen LogP contribution in [-0.4, -0.2) is 36.7 Å². The third-order valence-electron chi connectivity index (χ3n) is 6.86. The molecular formula is C34H45N3O2S. The van der Waals surface area contributed by atoms with Crippen molar-refractivity contribution in [2.45, 2.75) is 85.8 Å². The molecule has 2 aromatic carbocycles. The largest absolute Gasteiger partial charge is 0.376 e. The maximum absolute atomic E-state index is 13.1. The summed E-state index contributed by atoms with van der Waals surface area (Å²) in [5.74, 6) is -0.350. The average molecular weight is 560 g/mol. The van der Waals surface area contributed by atoms with E-state index in [0.717, 1.165) is 41.2 Å². The molecule has 1 aromatic heterocycles. The topological polar surface area (TPSA) is 65.4 Å². The number of benzene rings is 2. The van der Waals surface area contributed by atoms with Gasteiger partial charge in [0, 0.05) is 40.7 Å². The number of anilines is 1. The number of nitrogens with one attached hydrogen (secondary N) is 1. The Morgan fingerprint density at radius 3 is 2.25 bits per heavy atom. The molecule has 40 heavy (non-hydrogen) atoms. The minimum absolute atomic E-state index is 0.146. The average Bonchev–Trinajstić information content (AvgIpc) is 3.37. The Bertz CT molecular complexity index is 1380. The first-order valence-corrected chi connectivity index (χ1v) is 15.2. The standard InChI is InChI=1S/C34H45N3O2S/c1-9-18-37(19-10-2)28-14-13-25-21-27(12-11-26(25)22-28)31-16-15-30(40-31)24(3)29(23-35)32(38)36-34(7,8)17-20-39-33(4,5)6/h11-16,21-22H,9-10,17-20H2,1-8H3,(H,36,38). The summed E-state index contributed by atoms with van der Waals surface area (Å²) in [6, 6.07) is 19.5. The van der Waals surface area contributed by atoms with Crippen LogP contribution >= 0.6 is 11.3 Å². The molecule has 0 aliphatic rings. The highest BCUT2D eigenvalue weighted by atomic mass is 32.1. The van der Waals surface area contributed by atoms with E-state index >= 15 is 0 Å². The van der Waals surface area contributed by atoms with Gasteiger partial charge in [0.05, 0.1) is 5.60 Å². The predicted molar refractivity (Wildman–Crippen MR) is 171 cm³/mol. The van der Waals surface area contributed by atoms with Gasteiger partial charge in [0.25, 0.3) is 5.91 Å². The maximum Gasteiger partial charge on any atom is 0.262 e. The number of rotatable bonds is 12. The van der Waals surface area contributed by atoms with Crippen molar-refractivity contribution in [3.05, 3.63) is 59.0 Å². The van der Waals surface area contributed by atoms with Gasteiger partial charge in [-0.25, -0.2) is 0 Å². The lowest BCUT2D eigenvalue weighted by atomic mass is 9.99. The highest BCUT2D eigenvalue weighted by Gasteiger charge is 2.25. The summed E-state index contributed by atoms with van der Waals surface area (Å²) in [5.41, 5.74) is 2.51. The van der Waals surface area contributed by atoms with E-state index in [2.05, 4.69) is 72.6 Å². The monoisotopic (exact) mass is 559 g/mol. The number of hydrogen-bond donors (Lipinski definition) is 1. The van der Waals surface area contributed by atoms with E-state index < -0.39 is 5.54 Å². The Balaban J connectivity index is 1.79. The normalized spacial score (nSPS) is 12.7. The fraction of sp³-hybridized carbons (Fsp3) is 0.471. The number of amides is 1. The van der Waals surface area contributed by atoms with E-state index in [9.17, 15) is 10.1 Å². The van der Waals surface area contributed by atoms with Gasteiger partial charge in [-0.3, -0.25) is 4.79 Å². The number of carbonyl (C=O) groups is 1. The van der Waals surface area contributed by atoms with Crippen molar-refractivity contribution in [1.82, 2.24) is 5.32 Å². The lowest BCUT2D eigenvalue weighted by Crippen LogP contribution is -2.45. The van der Waals surface area contributed by atoms with Gasteiger partial charge in [0.2, 0.25) is 0 Å². The Kier molecular flexibility index (Phi) is 10.6. The second-order valence-electron chi connectivity index (χ2n) is 12.1. The maximum atomic E-state index is 13.1. The third-order valence-corrected chi connectivity index (χ3v) is 8.12. The first-order chi connectivity index (χ1) is 18.9. The number of ether oxygens (including phenoxy) is 1. The second-order valence-corrected chi connectivity index (χ2v) is 13.1. The first-order valence-electron chi connectivity index (χ1n) is 14.3. The summed E-state index contributed by atoms with van der Waals surface area (Å²) < 4.78 is 5.83. The van der Waals surface area contributed by atoms with Gasteiger partial charge < -0.3 is 15.0 Å². The number of carbonyl (C=O) groups excluding carboxylic acids is 1. The number of nitrogens with zero attached hydrogens (tertiary/aromatic N) is 2. The van der Waals surface area contributed by atoms with Crippen LogP contribution in [0.15, 0.2) is 54.1 Å². The zero-order chi connectivity index (χ0) is 29.5. The fourth-order valence-electron chi connectivity index (χ4n) is 4.66. The van der Waals surface area contributed by atoms with Crippen LogP contribution < -0.4 is 10.2 Å². The lowest BCUT2D eigenvalue weighted by molar-refractivity contribution is -0.118. The Labute approximate surface area is 244 Å². The predicted octanol–water partition coefficient (Wildman–Crippen LogP) is 8.59. The van der Waals surface area contributed by atoms with Crippen LogP contribution in [-0.2, 0) is 9.53 Å². The Morgan fingerprint density at radius 2 is 1.62 bits per heavy atom. The minimum Gasteiger partial charge on any atom is -0.376 e. The van der Waals surface area contributed by atoms with E-state index in [1.54, 1.807) is 11.3 Å². The summed E-state index contributed by atoms with van der Waals surface area (Å²) in [6.07, 6.45) is 2.91. The minimum atomic E-state index is -0.500. The van der Waals surface area contributed by atoms with Crippen molar-refractivity contribution in [2.24, 2.45) is 0 Å². The molecule has 0 fully saturated rings. The van der Waals surface area contributed by atoms with E-state index in [0.29, 0.717) is 18.6 Å². The molecule has 5 nitrogen and oxygen atoms in total. The molecule has 3 rings (SSSR count). The van der Waals surface area contributed by atoms with Crippen LogP contribution in [0.1, 0.15) is 79.5 Å². The molecule has 0 unspecified atom stereocenters. The molecule has 1 N–H and O–H groups in total. The van der Waals surface area contributed by atoms with Crippen molar-refractivity contribution in [1.29, 1.82) is 5.26 Å². The Hall–Kier alpha value is -3.14. The van der Waals surface area contributed by atoms with Crippen molar-refractivity contribution in [3.63, 3.8) is 0 Å². The van der Waals surface area contributed by atoms with Crippen LogP contribution in [0.2, 0.25) is 0 Å². The number of allylic oxidation sites excluding steroid dienone is 1. The molecular weight excluding hydrogens is 514 g/mol. The summed E-state index contributed by atoms with van der Waals surface area (Å²) in [7, 11) is 0. The van der Waals surface area contributed by atoms with Gasteiger partial charge in [0.1, 0.15) is 11.6 Å². The molecule has 0 atom stereocenters.